The summed E-state index contributed by atoms with van der Waals surface area (Å²) in [4.78, 5) is 4.23. The molecule has 0 radical (unpaired) electrons. The molecule has 12 heavy (non-hydrogen) atoms. The zero-order chi connectivity index (χ0) is 8.39. The molecule has 0 amide bonds. The summed E-state index contributed by atoms with van der Waals surface area (Å²) in [5.41, 5.74) is 0.893. The summed E-state index contributed by atoms with van der Waals surface area (Å²) in [5, 5.41) is 2.97. The van der Waals surface area contributed by atoms with Crippen molar-refractivity contribution < 1.29 is 4.74 Å². The Balaban J connectivity index is 2.33. The van der Waals surface area contributed by atoms with Gasteiger partial charge in [0.15, 0.2) is 6.23 Å². The maximum Gasteiger partial charge on any atom is 0.186 e. The van der Waals surface area contributed by atoms with Gasteiger partial charge in [0.25, 0.3) is 0 Å². The zero-order valence-corrected chi connectivity index (χ0v) is 6.82. The van der Waals surface area contributed by atoms with E-state index >= 15 is 0 Å². The Labute approximate surface area is 71.1 Å². The molecular weight excluding hydrogens is 152 g/mol. The quantitative estimate of drug-likeness (QED) is 0.675. The molecule has 1 atom stereocenters. The molecule has 0 bridgehead atoms. The molecule has 0 aliphatic carbocycles. The highest BCUT2D eigenvalue weighted by Crippen LogP contribution is 2.29. The van der Waals surface area contributed by atoms with Crippen molar-refractivity contribution in [2.24, 2.45) is 4.99 Å². The summed E-state index contributed by atoms with van der Waals surface area (Å²) in [6, 6.07) is 7.72. The van der Waals surface area contributed by atoms with Crippen LogP contribution >= 0.6 is 0 Å². The summed E-state index contributed by atoms with van der Waals surface area (Å²) >= 11 is 0. The van der Waals surface area contributed by atoms with Gasteiger partial charge >= 0.3 is 0 Å². The van der Waals surface area contributed by atoms with Crippen molar-refractivity contribution in [3.05, 3.63) is 24.3 Å². The molecule has 1 aliphatic rings. The van der Waals surface area contributed by atoms with Crippen molar-refractivity contribution >= 4 is 11.9 Å². The minimum absolute atomic E-state index is 0.0973. The first-order valence-electron chi connectivity index (χ1n) is 3.87. The fourth-order valence-electron chi connectivity index (χ4n) is 1.11. The van der Waals surface area contributed by atoms with Gasteiger partial charge in [-0.15, -0.1) is 0 Å². The van der Waals surface area contributed by atoms with Gasteiger partial charge < -0.3 is 4.74 Å². The lowest BCUT2D eigenvalue weighted by atomic mass is 10.3. The second-order valence-electron chi connectivity index (χ2n) is 2.57. The number of rotatable bonds is 1. The highest BCUT2D eigenvalue weighted by Gasteiger charge is 2.12. The average Bonchev–Trinajstić information content (AvgIpc) is 2.17. The Morgan fingerprint density at radius 3 is 3.08 bits per heavy atom. The van der Waals surface area contributed by atoms with Gasteiger partial charge in [-0.25, -0.2) is 0 Å². The maximum atomic E-state index is 5.52. The number of benzene rings is 1. The van der Waals surface area contributed by atoms with Gasteiger partial charge in [-0.05, 0) is 19.2 Å². The third-order valence-corrected chi connectivity index (χ3v) is 1.75. The summed E-state index contributed by atoms with van der Waals surface area (Å²) in [6.45, 7) is 0. The lowest BCUT2D eigenvalue weighted by Gasteiger charge is -2.19. The van der Waals surface area contributed by atoms with Crippen LogP contribution in [-0.4, -0.2) is 19.5 Å². The third kappa shape index (κ3) is 1.19. The standard InChI is InChI=1S/C9H10N2O/c1-10-9-6-11-7-4-2-3-5-8(7)12-9/h2-6,9-10H,1H3. The summed E-state index contributed by atoms with van der Waals surface area (Å²) in [7, 11) is 1.84. The van der Waals surface area contributed by atoms with Crippen LogP contribution in [-0.2, 0) is 0 Å². The Morgan fingerprint density at radius 1 is 1.42 bits per heavy atom. The van der Waals surface area contributed by atoms with Crippen molar-refractivity contribution in [1.29, 1.82) is 0 Å². The van der Waals surface area contributed by atoms with Crippen LogP contribution < -0.4 is 10.1 Å². The van der Waals surface area contributed by atoms with Gasteiger partial charge in [-0.2, -0.15) is 0 Å². The minimum Gasteiger partial charge on any atom is -0.468 e. The molecule has 2 rings (SSSR count). The van der Waals surface area contributed by atoms with Crippen molar-refractivity contribution in [2.45, 2.75) is 6.23 Å². The van der Waals surface area contributed by atoms with Gasteiger partial charge in [-0.1, -0.05) is 12.1 Å². The van der Waals surface area contributed by atoms with E-state index in [2.05, 4.69) is 10.3 Å². The Kier molecular flexibility index (Phi) is 1.80. The first kappa shape index (κ1) is 7.31. The number of ether oxygens (including phenoxy) is 1. The Hall–Kier alpha value is -1.35. The van der Waals surface area contributed by atoms with E-state index in [0.717, 1.165) is 11.4 Å². The van der Waals surface area contributed by atoms with Crippen LogP contribution in [0.4, 0.5) is 5.69 Å². The predicted octanol–water partition coefficient (Wildman–Crippen LogP) is 1.33. The molecule has 0 fully saturated rings. The molecule has 1 aromatic rings. The highest BCUT2D eigenvalue weighted by molar-refractivity contribution is 5.73. The first-order valence-corrected chi connectivity index (χ1v) is 3.87. The minimum atomic E-state index is -0.0973. The largest absolute Gasteiger partial charge is 0.468 e. The second kappa shape index (κ2) is 2.95. The molecule has 0 spiro atoms. The Morgan fingerprint density at radius 2 is 2.25 bits per heavy atom. The van der Waals surface area contributed by atoms with E-state index in [9.17, 15) is 0 Å². The van der Waals surface area contributed by atoms with Gasteiger partial charge in [-0.3, -0.25) is 10.3 Å². The highest BCUT2D eigenvalue weighted by atomic mass is 16.5. The lowest BCUT2D eigenvalue weighted by Crippen LogP contribution is -2.34. The summed E-state index contributed by atoms with van der Waals surface area (Å²) in [5.74, 6) is 0.833. The van der Waals surface area contributed by atoms with Gasteiger partial charge in [0, 0.05) is 0 Å². The SMILES string of the molecule is CNC1C=Nc2ccccc2O1. The summed E-state index contributed by atoms with van der Waals surface area (Å²) < 4.78 is 5.52. The molecule has 3 nitrogen and oxygen atoms in total. The van der Waals surface area contributed by atoms with Crippen LogP contribution in [0.3, 0.4) is 0 Å². The molecule has 0 saturated carbocycles. The van der Waals surface area contributed by atoms with E-state index in [0.29, 0.717) is 0 Å². The van der Waals surface area contributed by atoms with Crippen molar-refractivity contribution in [3.63, 3.8) is 0 Å². The van der Waals surface area contributed by atoms with E-state index in [-0.39, 0.29) is 6.23 Å². The van der Waals surface area contributed by atoms with Crippen LogP contribution in [0, 0.1) is 0 Å². The molecule has 1 aliphatic heterocycles. The average molecular weight is 162 g/mol. The van der Waals surface area contributed by atoms with E-state index < -0.39 is 0 Å². The number of hydrogen-bond acceptors (Lipinski definition) is 3. The topological polar surface area (TPSA) is 33.6 Å². The molecule has 3 heteroatoms. The molecule has 62 valence electrons. The monoisotopic (exact) mass is 162 g/mol. The predicted molar refractivity (Wildman–Crippen MR) is 48.1 cm³/mol. The molecule has 0 aromatic heterocycles. The Bertz CT molecular complexity index is 309. The third-order valence-electron chi connectivity index (χ3n) is 1.75. The molecule has 1 aromatic carbocycles. The first-order chi connectivity index (χ1) is 5.90. The van der Waals surface area contributed by atoms with Crippen molar-refractivity contribution in [2.75, 3.05) is 7.05 Å². The smallest absolute Gasteiger partial charge is 0.186 e. The summed E-state index contributed by atoms with van der Waals surface area (Å²) in [6.07, 6.45) is 1.66. The normalized spacial score (nSPS) is 19.9. The molecule has 1 heterocycles. The van der Waals surface area contributed by atoms with Crippen LogP contribution in [0.15, 0.2) is 29.3 Å². The van der Waals surface area contributed by atoms with E-state index in [1.165, 1.54) is 0 Å². The molecule has 1 N–H and O–H groups in total. The molecular formula is C9H10N2O. The van der Waals surface area contributed by atoms with Crippen LogP contribution in [0.2, 0.25) is 0 Å². The molecule has 0 saturated heterocycles. The van der Waals surface area contributed by atoms with Gasteiger partial charge in [0.05, 0.1) is 6.21 Å². The van der Waals surface area contributed by atoms with Crippen molar-refractivity contribution in [3.8, 4) is 5.75 Å². The fourth-order valence-corrected chi connectivity index (χ4v) is 1.11. The molecule has 1 unspecified atom stereocenters. The maximum absolute atomic E-state index is 5.52. The zero-order valence-electron chi connectivity index (χ0n) is 6.82. The fraction of sp³-hybridized carbons (Fsp3) is 0.222. The van der Waals surface area contributed by atoms with Crippen molar-refractivity contribution in [1.82, 2.24) is 5.32 Å². The van der Waals surface area contributed by atoms with Crippen LogP contribution in [0.5, 0.6) is 5.75 Å². The second-order valence-corrected chi connectivity index (χ2v) is 2.57. The van der Waals surface area contributed by atoms with Gasteiger partial charge in [0.1, 0.15) is 11.4 Å². The van der Waals surface area contributed by atoms with Gasteiger partial charge in [0.2, 0.25) is 0 Å². The number of nitrogens with zero attached hydrogens (tertiary/aromatic N) is 1. The number of nitrogens with one attached hydrogen (secondary N) is 1. The lowest BCUT2D eigenvalue weighted by molar-refractivity contribution is 0.241. The van der Waals surface area contributed by atoms with E-state index in [1.807, 2.05) is 31.3 Å². The van der Waals surface area contributed by atoms with E-state index in [1.54, 1.807) is 6.21 Å². The van der Waals surface area contributed by atoms with Crippen LogP contribution in [0.25, 0.3) is 0 Å². The van der Waals surface area contributed by atoms with E-state index in [4.69, 9.17) is 4.74 Å². The number of para-hydroxylation sites is 2. The number of fused-ring (bicyclic) bond motifs is 1. The van der Waals surface area contributed by atoms with Crippen LogP contribution in [0.1, 0.15) is 0 Å². The number of hydrogen-bond donors (Lipinski definition) is 1. The number of aliphatic imine (C=N–C) groups is 1.